The van der Waals surface area contributed by atoms with E-state index in [1.54, 1.807) is 4.90 Å². The third-order valence-electron chi connectivity index (χ3n) is 5.67. The quantitative estimate of drug-likeness (QED) is 0.840. The highest BCUT2D eigenvalue weighted by atomic mass is 16.5. The first-order valence-corrected chi connectivity index (χ1v) is 10.3. The highest BCUT2D eigenvalue weighted by Crippen LogP contribution is 2.33. The first-order valence-electron chi connectivity index (χ1n) is 10.3. The summed E-state index contributed by atoms with van der Waals surface area (Å²) < 4.78 is 11.4. The molecule has 0 saturated carbocycles. The molecule has 2 aromatic carbocycles. The third-order valence-corrected chi connectivity index (χ3v) is 5.67. The zero-order valence-electron chi connectivity index (χ0n) is 17.4. The lowest BCUT2D eigenvalue weighted by Gasteiger charge is -2.38. The molecule has 2 aromatic rings. The Labute approximate surface area is 176 Å². The number of hydrogen-bond donors (Lipinski definition) is 1. The maximum absolute atomic E-state index is 13.0. The minimum Gasteiger partial charge on any atom is -0.477 e. The second-order valence-corrected chi connectivity index (χ2v) is 7.69. The summed E-state index contributed by atoms with van der Waals surface area (Å²) in [6.07, 6.45) is -0.647. The molecule has 7 heteroatoms. The Balaban J connectivity index is 1.50. The lowest BCUT2D eigenvalue weighted by Crippen LogP contribution is -2.53. The normalized spacial score (nSPS) is 18.4. The van der Waals surface area contributed by atoms with Crippen LogP contribution in [0.4, 0.5) is 11.4 Å². The minimum atomic E-state index is -0.647. The van der Waals surface area contributed by atoms with Gasteiger partial charge in [-0.1, -0.05) is 24.3 Å². The van der Waals surface area contributed by atoms with Gasteiger partial charge in [0.15, 0.2) is 6.10 Å². The van der Waals surface area contributed by atoms with E-state index in [-0.39, 0.29) is 18.4 Å². The fourth-order valence-electron chi connectivity index (χ4n) is 3.82. The fraction of sp³-hybridized carbons (Fsp3) is 0.391. The molecule has 7 nitrogen and oxygen atoms in total. The summed E-state index contributed by atoms with van der Waals surface area (Å²) in [4.78, 5) is 29.5. The number of hydrogen-bond acceptors (Lipinski definition) is 5. The maximum Gasteiger partial charge on any atom is 0.265 e. The van der Waals surface area contributed by atoms with Crippen molar-refractivity contribution in [2.75, 3.05) is 49.6 Å². The number of carbonyl (C=O) groups is 2. The molecule has 0 aromatic heterocycles. The van der Waals surface area contributed by atoms with Gasteiger partial charge < -0.3 is 24.6 Å². The highest BCUT2D eigenvalue weighted by molar-refractivity contribution is 5.95. The van der Waals surface area contributed by atoms with Crippen molar-refractivity contribution >= 4 is 23.2 Å². The van der Waals surface area contributed by atoms with Crippen LogP contribution < -0.4 is 15.0 Å². The van der Waals surface area contributed by atoms with Crippen LogP contribution in [-0.2, 0) is 14.3 Å². The van der Waals surface area contributed by atoms with E-state index >= 15 is 0 Å². The Hall–Kier alpha value is -3.06. The van der Waals surface area contributed by atoms with E-state index in [2.05, 4.69) is 5.32 Å². The molecule has 0 aliphatic carbocycles. The van der Waals surface area contributed by atoms with E-state index in [9.17, 15) is 9.59 Å². The summed E-state index contributed by atoms with van der Waals surface area (Å²) in [5.74, 6) is 0.431. The van der Waals surface area contributed by atoms with Gasteiger partial charge in [-0.25, -0.2) is 0 Å². The molecule has 0 bridgehead atoms. The van der Waals surface area contributed by atoms with Gasteiger partial charge in [0.05, 0.1) is 32.0 Å². The van der Waals surface area contributed by atoms with Crippen LogP contribution in [0.25, 0.3) is 0 Å². The molecule has 1 saturated heterocycles. The predicted octanol–water partition coefficient (Wildman–Crippen LogP) is 2.37. The van der Waals surface area contributed by atoms with Crippen LogP contribution in [-0.4, -0.2) is 62.2 Å². The second kappa shape index (κ2) is 8.75. The molecule has 1 N–H and O–H groups in total. The Morgan fingerprint density at radius 3 is 2.63 bits per heavy atom. The van der Waals surface area contributed by atoms with Crippen molar-refractivity contribution < 1.29 is 19.1 Å². The molecule has 0 spiro atoms. The van der Waals surface area contributed by atoms with Gasteiger partial charge in [-0.2, -0.15) is 0 Å². The second-order valence-electron chi connectivity index (χ2n) is 7.69. The van der Waals surface area contributed by atoms with Crippen LogP contribution in [0, 0.1) is 13.8 Å². The summed E-state index contributed by atoms with van der Waals surface area (Å²) >= 11 is 0. The maximum atomic E-state index is 13.0. The average Bonchev–Trinajstić information content (AvgIpc) is 2.77. The van der Waals surface area contributed by atoms with E-state index in [4.69, 9.17) is 9.47 Å². The van der Waals surface area contributed by atoms with Crippen LogP contribution in [0.3, 0.4) is 0 Å². The van der Waals surface area contributed by atoms with Crippen molar-refractivity contribution in [2.24, 2.45) is 0 Å². The van der Waals surface area contributed by atoms with Gasteiger partial charge in [0, 0.05) is 18.8 Å². The number of rotatable bonds is 4. The number of nitrogens with zero attached hydrogens (tertiary/aromatic N) is 2. The van der Waals surface area contributed by atoms with E-state index < -0.39 is 6.10 Å². The van der Waals surface area contributed by atoms with Crippen molar-refractivity contribution in [1.82, 2.24) is 4.90 Å². The lowest BCUT2D eigenvalue weighted by molar-refractivity contribution is -0.142. The van der Waals surface area contributed by atoms with Gasteiger partial charge in [-0.15, -0.1) is 0 Å². The number of nitrogens with one attached hydrogen (secondary N) is 1. The molecule has 2 amide bonds. The van der Waals surface area contributed by atoms with Crippen molar-refractivity contribution in [3.05, 3.63) is 53.6 Å². The van der Waals surface area contributed by atoms with Crippen LogP contribution >= 0.6 is 0 Å². The standard InChI is InChI=1S/C23H27N3O4/c1-16-6-5-7-18(17(16)2)24-22(27)15-26-14-21(23(28)25-10-12-29-13-11-25)30-20-9-4-3-8-19(20)26/h3-9,21H,10-15H2,1-2H3,(H,24,27)/t21-/m0/s1. The number of aryl methyl sites for hydroxylation is 1. The lowest BCUT2D eigenvalue weighted by atomic mass is 10.1. The van der Waals surface area contributed by atoms with Gasteiger partial charge in [0.1, 0.15) is 5.75 Å². The Morgan fingerprint density at radius 2 is 1.83 bits per heavy atom. The molecule has 2 heterocycles. The Kier molecular flexibility index (Phi) is 5.90. The number of carbonyl (C=O) groups excluding carboxylic acids is 2. The molecular weight excluding hydrogens is 382 g/mol. The molecule has 1 atom stereocenters. The molecule has 0 unspecified atom stereocenters. The van der Waals surface area contributed by atoms with Crippen LogP contribution in [0.2, 0.25) is 0 Å². The number of para-hydroxylation sites is 2. The SMILES string of the molecule is Cc1cccc(NC(=O)CN2C[C@@H](C(=O)N3CCOCC3)Oc3ccccc32)c1C. The van der Waals surface area contributed by atoms with Crippen LogP contribution in [0.1, 0.15) is 11.1 Å². The molecule has 158 valence electrons. The molecule has 2 aliphatic heterocycles. The van der Waals surface area contributed by atoms with Crippen molar-refractivity contribution in [1.29, 1.82) is 0 Å². The van der Waals surface area contributed by atoms with E-state index in [0.29, 0.717) is 38.6 Å². The number of morpholine rings is 1. The number of benzene rings is 2. The summed E-state index contributed by atoms with van der Waals surface area (Å²) in [6.45, 7) is 6.68. The highest BCUT2D eigenvalue weighted by Gasteiger charge is 2.34. The molecule has 0 radical (unpaired) electrons. The largest absolute Gasteiger partial charge is 0.477 e. The fourth-order valence-corrected chi connectivity index (χ4v) is 3.82. The zero-order chi connectivity index (χ0) is 21.1. The van der Waals surface area contributed by atoms with Crippen molar-refractivity contribution in [3.8, 4) is 5.75 Å². The van der Waals surface area contributed by atoms with Crippen molar-refractivity contribution in [3.63, 3.8) is 0 Å². The first-order chi connectivity index (χ1) is 14.5. The number of fused-ring (bicyclic) bond motifs is 1. The molecule has 1 fully saturated rings. The van der Waals surface area contributed by atoms with Gasteiger partial charge in [-0.05, 0) is 43.2 Å². The van der Waals surface area contributed by atoms with Gasteiger partial charge in [0.2, 0.25) is 5.91 Å². The molecule has 30 heavy (non-hydrogen) atoms. The minimum absolute atomic E-state index is 0.0623. The summed E-state index contributed by atoms with van der Waals surface area (Å²) in [5, 5.41) is 3.00. The molecule has 2 aliphatic rings. The van der Waals surface area contributed by atoms with Crippen LogP contribution in [0.15, 0.2) is 42.5 Å². The van der Waals surface area contributed by atoms with Crippen molar-refractivity contribution in [2.45, 2.75) is 20.0 Å². The van der Waals surface area contributed by atoms with E-state index in [1.807, 2.05) is 61.2 Å². The summed E-state index contributed by atoms with van der Waals surface area (Å²) in [6, 6.07) is 13.4. The van der Waals surface area contributed by atoms with E-state index in [0.717, 1.165) is 22.5 Å². The molecular formula is C23H27N3O4. The topological polar surface area (TPSA) is 71.1 Å². The van der Waals surface area contributed by atoms with Gasteiger partial charge >= 0.3 is 0 Å². The summed E-state index contributed by atoms with van der Waals surface area (Å²) in [5.41, 5.74) is 3.80. The third kappa shape index (κ3) is 4.26. The number of anilines is 2. The Morgan fingerprint density at radius 1 is 1.07 bits per heavy atom. The zero-order valence-corrected chi connectivity index (χ0v) is 17.4. The van der Waals surface area contributed by atoms with Gasteiger partial charge in [0.25, 0.3) is 5.91 Å². The Bertz CT molecular complexity index is 940. The number of amides is 2. The van der Waals surface area contributed by atoms with Crippen LogP contribution in [0.5, 0.6) is 5.75 Å². The van der Waals surface area contributed by atoms with E-state index in [1.165, 1.54) is 0 Å². The predicted molar refractivity (Wildman–Crippen MR) is 115 cm³/mol. The van der Waals surface area contributed by atoms with Gasteiger partial charge in [-0.3, -0.25) is 9.59 Å². The molecule has 4 rings (SSSR count). The monoisotopic (exact) mass is 409 g/mol. The number of ether oxygens (including phenoxy) is 2. The average molecular weight is 409 g/mol. The summed E-state index contributed by atoms with van der Waals surface area (Å²) in [7, 11) is 0. The first kappa shape index (κ1) is 20.2. The smallest absolute Gasteiger partial charge is 0.265 e.